The largest absolute Gasteiger partial charge is 0.309 e. The average molecular weight is 427 g/mol. The molecule has 0 N–H and O–H groups in total. The Morgan fingerprint density at radius 1 is 0.625 bits per heavy atom. The van der Waals surface area contributed by atoms with E-state index in [1.807, 2.05) is 35.7 Å². The fourth-order valence-corrected chi connectivity index (χ4v) is 5.82. The van der Waals surface area contributed by atoms with Gasteiger partial charge in [0.25, 0.3) is 0 Å². The topological polar surface area (TPSA) is 17.8 Å². The van der Waals surface area contributed by atoms with Crippen LogP contribution < -0.4 is 0 Å². The SMILES string of the molecule is c1ccc(-c2ccc(-n3c4ccccc4c4c5ccc6ccsc6c5ccc43)cc2)nc1. The first-order valence-electron chi connectivity index (χ1n) is 10.7. The van der Waals surface area contributed by atoms with Gasteiger partial charge >= 0.3 is 0 Å². The van der Waals surface area contributed by atoms with E-state index in [0.29, 0.717) is 0 Å². The molecule has 2 nitrogen and oxygen atoms in total. The van der Waals surface area contributed by atoms with Crippen LogP contribution >= 0.6 is 11.3 Å². The highest BCUT2D eigenvalue weighted by Crippen LogP contribution is 2.40. The Bertz CT molecular complexity index is 1760. The molecule has 3 heteroatoms. The molecule has 3 heterocycles. The first-order valence-corrected chi connectivity index (χ1v) is 11.6. The fraction of sp³-hybridized carbons (Fsp3) is 0. The Morgan fingerprint density at radius 3 is 2.34 bits per heavy atom. The summed E-state index contributed by atoms with van der Waals surface area (Å²) in [6.07, 6.45) is 1.84. The lowest BCUT2D eigenvalue weighted by Gasteiger charge is -2.10. The zero-order chi connectivity index (χ0) is 21.1. The van der Waals surface area contributed by atoms with E-state index < -0.39 is 0 Å². The molecular weight excluding hydrogens is 408 g/mol. The molecule has 32 heavy (non-hydrogen) atoms. The second-order valence-electron chi connectivity index (χ2n) is 8.07. The molecule has 3 aromatic heterocycles. The summed E-state index contributed by atoms with van der Waals surface area (Å²) in [5.41, 5.74) is 5.74. The van der Waals surface area contributed by atoms with Crippen LogP contribution in [0, 0.1) is 0 Å². The number of hydrogen-bond donors (Lipinski definition) is 0. The Morgan fingerprint density at radius 2 is 1.47 bits per heavy atom. The van der Waals surface area contributed by atoms with Gasteiger partial charge in [0.05, 0.1) is 16.7 Å². The number of rotatable bonds is 2. The fourth-order valence-electron chi connectivity index (χ4n) is 4.89. The van der Waals surface area contributed by atoms with Crippen LogP contribution in [0.5, 0.6) is 0 Å². The van der Waals surface area contributed by atoms with E-state index >= 15 is 0 Å². The summed E-state index contributed by atoms with van der Waals surface area (Å²) in [6.45, 7) is 0. The smallest absolute Gasteiger partial charge is 0.0701 e. The molecule has 0 saturated heterocycles. The van der Waals surface area contributed by atoms with Gasteiger partial charge in [0, 0.05) is 38.3 Å². The summed E-state index contributed by atoms with van der Waals surface area (Å²) in [6, 6.07) is 34.8. The molecule has 0 amide bonds. The average Bonchev–Trinajstić information content (AvgIpc) is 3.47. The second-order valence-corrected chi connectivity index (χ2v) is 8.99. The molecule has 0 aliphatic heterocycles. The van der Waals surface area contributed by atoms with E-state index in [1.54, 1.807) is 0 Å². The van der Waals surface area contributed by atoms with Gasteiger partial charge in [-0.25, -0.2) is 0 Å². The van der Waals surface area contributed by atoms with Crippen LogP contribution in [0.1, 0.15) is 0 Å². The Hall–Kier alpha value is -3.95. The monoisotopic (exact) mass is 426 g/mol. The molecule has 0 bridgehead atoms. The van der Waals surface area contributed by atoms with E-state index in [9.17, 15) is 0 Å². The molecule has 0 fully saturated rings. The highest BCUT2D eigenvalue weighted by Gasteiger charge is 2.15. The molecule has 0 aliphatic carbocycles. The number of benzene rings is 4. The van der Waals surface area contributed by atoms with Gasteiger partial charge in [-0.2, -0.15) is 0 Å². The number of para-hydroxylation sites is 1. The van der Waals surface area contributed by atoms with Crippen molar-refractivity contribution >= 4 is 54.0 Å². The highest BCUT2D eigenvalue weighted by atomic mass is 32.1. The summed E-state index contributed by atoms with van der Waals surface area (Å²) in [7, 11) is 0. The third-order valence-corrected chi connectivity index (χ3v) is 7.30. The summed E-state index contributed by atoms with van der Waals surface area (Å²) in [5.74, 6) is 0. The molecule has 0 saturated carbocycles. The van der Waals surface area contributed by atoms with Crippen molar-refractivity contribution in [3.63, 3.8) is 0 Å². The molecule has 0 aliphatic rings. The van der Waals surface area contributed by atoms with Crippen LogP contribution in [0.25, 0.3) is 59.6 Å². The zero-order valence-corrected chi connectivity index (χ0v) is 18.0. The van der Waals surface area contributed by atoms with Crippen LogP contribution in [0.4, 0.5) is 0 Å². The van der Waals surface area contributed by atoms with Crippen LogP contribution in [-0.2, 0) is 0 Å². The molecule has 0 spiro atoms. The Balaban J connectivity index is 1.53. The standard InChI is InChI=1S/C29H18N2S/c1-2-7-26-24(5-1)28-22-13-10-20-16-18-32-29(20)23(22)14-15-27(28)31(26)21-11-8-19(9-12-21)25-6-3-4-17-30-25/h1-18H. The first-order chi connectivity index (χ1) is 15.9. The number of thiophene rings is 1. The van der Waals surface area contributed by atoms with Crippen molar-refractivity contribution in [3.05, 3.63) is 109 Å². The minimum Gasteiger partial charge on any atom is -0.309 e. The molecule has 0 radical (unpaired) electrons. The molecule has 4 aromatic carbocycles. The maximum atomic E-state index is 4.49. The second kappa shape index (κ2) is 6.78. The van der Waals surface area contributed by atoms with Crippen LogP contribution in [0.3, 0.4) is 0 Å². The summed E-state index contributed by atoms with van der Waals surface area (Å²) in [5, 5.41) is 8.76. The highest BCUT2D eigenvalue weighted by molar-refractivity contribution is 7.18. The summed E-state index contributed by atoms with van der Waals surface area (Å²) in [4.78, 5) is 4.49. The number of hydrogen-bond acceptors (Lipinski definition) is 2. The van der Waals surface area contributed by atoms with Gasteiger partial charge in [-0.05, 0) is 58.6 Å². The lowest BCUT2D eigenvalue weighted by atomic mass is 10.0. The third kappa shape index (κ3) is 2.49. The minimum atomic E-state index is 0.993. The third-order valence-electron chi connectivity index (χ3n) is 6.33. The van der Waals surface area contributed by atoms with E-state index in [1.165, 1.54) is 42.7 Å². The predicted octanol–water partition coefficient (Wildman–Crippen LogP) is 8.21. The summed E-state index contributed by atoms with van der Waals surface area (Å²) < 4.78 is 3.74. The van der Waals surface area contributed by atoms with Crippen molar-refractivity contribution in [1.82, 2.24) is 9.55 Å². The van der Waals surface area contributed by atoms with Gasteiger partial charge in [0.1, 0.15) is 0 Å². The van der Waals surface area contributed by atoms with E-state index in [0.717, 1.165) is 16.9 Å². The lowest BCUT2D eigenvalue weighted by molar-refractivity contribution is 1.18. The Kier molecular flexibility index (Phi) is 3.75. The minimum absolute atomic E-state index is 0.993. The van der Waals surface area contributed by atoms with E-state index in [2.05, 4.69) is 93.8 Å². The van der Waals surface area contributed by atoms with Gasteiger partial charge in [-0.3, -0.25) is 4.98 Å². The van der Waals surface area contributed by atoms with Gasteiger partial charge < -0.3 is 4.57 Å². The number of aromatic nitrogens is 2. The van der Waals surface area contributed by atoms with Crippen molar-refractivity contribution in [2.24, 2.45) is 0 Å². The van der Waals surface area contributed by atoms with Crippen LogP contribution in [0.2, 0.25) is 0 Å². The normalized spacial score (nSPS) is 11.8. The van der Waals surface area contributed by atoms with Crippen molar-refractivity contribution in [1.29, 1.82) is 0 Å². The van der Waals surface area contributed by atoms with Gasteiger partial charge in [0.15, 0.2) is 0 Å². The number of fused-ring (bicyclic) bond motifs is 7. The van der Waals surface area contributed by atoms with E-state index in [4.69, 9.17) is 0 Å². The molecule has 150 valence electrons. The van der Waals surface area contributed by atoms with Crippen molar-refractivity contribution < 1.29 is 0 Å². The van der Waals surface area contributed by atoms with E-state index in [-0.39, 0.29) is 0 Å². The van der Waals surface area contributed by atoms with Gasteiger partial charge in [-0.15, -0.1) is 11.3 Å². The Labute approximate surface area is 189 Å². The van der Waals surface area contributed by atoms with Gasteiger partial charge in [-0.1, -0.05) is 54.6 Å². The zero-order valence-electron chi connectivity index (χ0n) is 17.2. The maximum Gasteiger partial charge on any atom is 0.0701 e. The predicted molar refractivity (Wildman–Crippen MR) is 137 cm³/mol. The maximum absolute atomic E-state index is 4.49. The van der Waals surface area contributed by atoms with Crippen molar-refractivity contribution in [2.45, 2.75) is 0 Å². The van der Waals surface area contributed by atoms with Crippen molar-refractivity contribution in [2.75, 3.05) is 0 Å². The molecule has 0 unspecified atom stereocenters. The van der Waals surface area contributed by atoms with Crippen LogP contribution in [0.15, 0.2) is 109 Å². The molecule has 7 aromatic rings. The molecular formula is C29H18N2S. The van der Waals surface area contributed by atoms with Crippen molar-refractivity contribution in [3.8, 4) is 16.9 Å². The number of pyridine rings is 1. The summed E-state index contributed by atoms with van der Waals surface area (Å²) >= 11 is 1.82. The first kappa shape index (κ1) is 17.7. The number of nitrogens with zero attached hydrogens (tertiary/aromatic N) is 2. The molecule has 7 rings (SSSR count). The quantitative estimate of drug-likeness (QED) is 0.272. The van der Waals surface area contributed by atoms with Gasteiger partial charge in [0.2, 0.25) is 0 Å². The lowest BCUT2D eigenvalue weighted by Crippen LogP contribution is -1.94. The van der Waals surface area contributed by atoms with Crippen LogP contribution in [-0.4, -0.2) is 9.55 Å². The molecule has 0 atom stereocenters.